The highest BCUT2D eigenvalue weighted by atomic mass is 35.5. The molecule has 35 heavy (non-hydrogen) atoms. The Morgan fingerprint density at radius 1 is 1.06 bits per heavy atom. The lowest BCUT2D eigenvalue weighted by Crippen LogP contribution is -2.42. The van der Waals surface area contributed by atoms with Crippen molar-refractivity contribution in [3.05, 3.63) is 74.7 Å². The number of imide groups is 1. The maximum atomic E-state index is 13.1. The Morgan fingerprint density at radius 2 is 1.83 bits per heavy atom. The summed E-state index contributed by atoms with van der Waals surface area (Å²) < 4.78 is 7.23. The van der Waals surface area contributed by atoms with Gasteiger partial charge >= 0.3 is 0 Å². The molecule has 0 spiro atoms. The van der Waals surface area contributed by atoms with Crippen molar-refractivity contribution in [2.24, 2.45) is 0 Å². The number of para-hydroxylation sites is 1. The number of hydrogen-bond acceptors (Lipinski definition) is 5. The Balaban J connectivity index is 1.40. The molecule has 3 amide bonds. The van der Waals surface area contributed by atoms with Gasteiger partial charge < -0.3 is 14.2 Å². The molecule has 2 saturated heterocycles. The molecule has 2 fully saturated rings. The first kappa shape index (κ1) is 23.9. The molecular weight excluding hydrogens is 509 g/mol. The third-order valence-electron chi connectivity index (χ3n) is 5.97. The summed E-state index contributed by atoms with van der Waals surface area (Å²) >= 11 is 12.9. The number of aromatic nitrogens is 1. The van der Waals surface area contributed by atoms with Crippen LogP contribution in [-0.4, -0.2) is 57.7 Å². The molecule has 0 atom stereocenters. The van der Waals surface area contributed by atoms with Crippen molar-refractivity contribution in [2.45, 2.75) is 13.1 Å². The minimum absolute atomic E-state index is 0.0163. The Hall–Kier alpha value is -2.78. The summed E-state index contributed by atoms with van der Waals surface area (Å²) in [6, 6.07) is 12.7. The number of nitrogens with zero attached hydrogens (tertiary/aromatic N) is 3. The fourth-order valence-electron chi connectivity index (χ4n) is 4.18. The van der Waals surface area contributed by atoms with Gasteiger partial charge in [-0.05, 0) is 41.6 Å². The highest BCUT2D eigenvalue weighted by molar-refractivity contribution is 8.18. The van der Waals surface area contributed by atoms with Gasteiger partial charge in [0.25, 0.3) is 11.1 Å². The number of ether oxygens (including phenoxy) is 1. The Morgan fingerprint density at radius 3 is 2.60 bits per heavy atom. The largest absolute Gasteiger partial charge is 0.378 e. The second-order valence-electron chi connectivity index (χ2n) is 8.24. The highest BCUT2D eigenvalue weighted by Gasteiger charge is 2.35. The zero-order valence-corrected chi connectivity index (χ0v) is 20.9. The van der Waals surface area contributed by atoms with Crippen LogP contribution in [0, 0.1) is 0 Å². The second kappa shape index (κ2) is 10.1. The number of hydrogen-bond donors (Lipinski definition) is 0. The van der Waals surface area contributed by atoms with Crippen LogP contribution in [-0.2, 0) is 27.4 Å². The molecule has 3 aromatic rings. The lowest BCUT2D eigenvalue weighted by Gasteiger charge is -2.27. The van der Waals surface area contributed by atoms with E-state index < -0.39 is 0 Å². The van der Waals surface area contributed by atoms with E-state index in [1.54, 1.807) is 29.2 Å². The van der Waals surface area contributed by atoms with Crippen LogP contribution in [0.2, 0.25) is 10.0 Å². The molecule has 1 aromatic heterocycles. The van der Waals surface area contributed by atoms with Crippen LogP contribution in [0.15, 0.2) is 53.6 Å². The zero-order chi connectivity index (χ0) is 24.5. The van der Waals surface area contributed by atoms with Gasteiger partial charge in [-0.15, -0.1) is 0 Å². The van der Waals surface area contributed by atoms with Crippen molar-refractivity contribution in [3.63, 3.8) is 0 Å². The molecule has 2 aliphatic heterocycles. The first-order chi connectivity index (χ1) is 16.9. The molecule has 0 bridgehead atoms. The van der Waals surface area contributed by atoms with Gasteiger partial charge in [0, 0.05) is 35.8 Å². The fraction of sp³-hybridized carbons (Fsp3) is 0.240. The molecule has 2 aliphatic rings. The summed E-state index contributed by atoms with van der Waals surface area (Å²) in [5, 5.41) is 1.33. The first-order valence-electron chi connectivity index (χ1n) is 11.0. The lowest BCUT2D eigenvalue weighted by molar-refractivity contribution is -0.135. The quantitative estimate of drug-likeness (QED) is 0.432. The summed E-state index contributed by atoms with van der Waals surface area (Å²) in [5.74, 6) is -0.352. The van der Waals surface area contributed by atoms with Gasteiger partial charge in [0.05, 0.1) is 34.7 Å². The normalized spacial score (nSPS) is 17.7. The van der Waals surface area contributed by atoms with Crippen molar-refractivity contribution < 1.29 is 19.1 Å². The van der Waals surface area contributed by atoms with Crippen molar-refractivity contribution in [2.75, 3.05) is 26.3 Å². The molecule has 180 valence electrons. The molecule has 0 aliphatic carbocycles. The molecule has 0 radical (unpaired) electrons. The third-order valence-corrected chi connectivity index (χ3v) is 7.62. The van der Waals surface area contributed by atoms with E-state index in [-0.39, 0.29) is 30.1 Å². The van der Waals surface area contributed by atoms with E-state index in [1.165, 1.54) is 4.90 Å². The van der Waals surface area contributed by atoms with Gasteiger partial charge in [0.2, 0.25) is 5.91 Å². The lowest BCUT2D eigenvalue weighted by atomic mass is 10.1. The van der Waals surface area contributed by atoms with E-state index in [0.717, 1.165) is 28.2 Å². The topological polar surface area (TPSA) is 71.9 Å². The molecule has 0 unspecified atom stereocenters. The number of amides is 3. The molecule has 2 aromatic carbocycles. The summed E-state index contributed by atoms with van der Waals surface area (Å²) in [5.41, 5.74) is 2.37. The monoisotopic (exact) mass is 529 g/mol. The number of carbonyl (C=O) groups is 3. The summed E-state index contributed by atoms with van der Waals surface area (Å²) in [4.78, 5) is 41.9. The number of morpholine rings is 1. The Labute approximate surface area is 216 Å². The van der Waals surface area contributed by atoms with Gasteiger partial charge in [0.15, 0.2) is 0 Å². The van der Waals surface area contributed by atoms with Crippen LogP contribution >= 0.6 is 35.0 Å². The average molecular weight is 530 g/mol. The number of halogens is 2. The molecule has 7 nitrogen and oxygen atoms in total. The summed E-state index contributed by atoms with van der Waals surface area (Å²) in [6.07, 6.45) is 3.58. The summed E-state index contributed by atoms with van der Waals surface area (Å²) in [6.45, 7) is 2.54. The van der Waals surface area contributed by atoms with Crippen LogP contribution in [0.5, 0.6) is 0 Å². The van der Waals surface area contributed by atoms with Gasteiger partial charge in [0.1, 0.15) is 6.54 Å². The number of rotatable bonds is 5. The van der Waals surface area contributed by atoms with Gasteiger partial charge in [-0.3, -0.25) is 19.3 Å². The van der Waals surface area contributed by atoms with E-state index in [9.17, 15) is 14.4 Å². The number of thioether (sulfide) groups is 1. The van der Waals surface area contributed by atoms with Crippen LogP contribution in [0.1, 0.15) is 11.1 Å². The number of benzene rings is 2. The maximum Gasteiger partial charge on any atom is 0.293 e. The van der Waals surface area contributed by atoms with Crippen LogP contribution < -0.4 is 0 Å². The Kier molecular flexibility index (Phi) is 6.88. The van der Waals surface area contributed by atoms with Gasteiger partial charge in [-0.1, -0.05) is 47.5 Å². The molecule has 0 N–H and O–H groups in total. The predicted octanol–water partition coefficient (Wildman–Crippen LogP) is 5.04. The smallest absolute Gasteiger partial charge is 0.293 e. The van der Waals surface area contributed by atoms with Crippen LogP contribution in [0.25, 0.3) is 17.0 Å². The minimum Gasteiger partial charge on any atom is -0.378 e. The van der Waals surface area contributed by atoms with Crippen molar-refractivity contribution >= 4 is 69.0 Å². The average Bonchev–Trinajstić information content (AvgIpc) is 3.34. The van der Waals surface area contributed by atoms with Crippen molar-refractivity contribution in [1.29, 1.82) is 0 Å². The second-order valence-corrected chi connectivity index (χ2v) is 10.0. The number of fused-ring (bicyclic) bond motifs is 1. The van der Waals surface area contributed by atoms with E-state index >= 15 is 0 Å². The molecule has 0 saturated carbocycles. The SMILES string of the molecule is O=C(Cn1cc(/C=C2\SC(=O)N(Cc3ccc(Cl)c(Cl)c3)C2=O)c2ccccc21)N1CCOCC1. The molecular formula is C25H21Cl2N3O4S. The minimum atomic E-state index is -0.368. The van der Waals surface area contributed by atoms with Crippen LogP contribution in [0.3, 0.4) is 0 Å². The highest BCUT2D eigenvalue weighted by Crippen LogP contribution is 2.35. The zero-order valence-electron chi connectivity index (χ0n) is 18.6. The standard InChI is InChI=1S/C25H21Cl2N3O4S/c26-19-6-5-16(11-20(19)27)13-30-24(32)22(35-25(30)33)12-17-14-29(21-4-2-1-3-18(17)21)15-23(31)28-7-9-34-10-8-28/h1-6,11-12,14H,7-10,13,15H2/b22-12-. The first-order valence-corrected chi connectivity index (χ1v) is 12.6. The molecule has 10 heteroatoms. The van der Waals surface area contributed by atoms with Crippen molar-refractivity contribution in [3.8, 4) is 0 Å². The van der Waals surface area contributed by atoms with Gasteiger partial charge in [-0.2, -0.15) is 0 Å². The molecule has 3 heterocycles. The van der Waals surface area contributed by atoms with Crippen LogP contribution in [0.4, 0.5) is 4.79 Å². The maximum absolute atomic E-state index is 13.1. The third kappa shape index (κ3) is 4.97. The number of carbonyl (C=O) groups excluding carboxylic acids is 3. The fourth-order valence-corrected chi connectivity index (χ4v) is 5.33. The van der Waals surface area contributed by atoms with E-state index in [0.29, 0.717) is 46.8 Å². The Bertz CT molecular complexity index is 1360. The van der Waals surface area contributed by atoms with Gasteiger partial charge in [-0.25, -0.2) is 0 Å². The van der Waals surface area contributed by atoms with E-state index in [2.05, 4.69) is 0 Å². The van der Waals surface area contributed by atoms with E-state index in [4.69, 9.17) is 27.9 Å². The van der Waals surface area contributed by atoms with E-state index in [1.807, 2.05) is 35.0 Å². The van der Waals surface area contributed by atoms with Crippen molar-refractivity contribution in [1.82, 2.24) is 14.4 Å². The summed E-state index contributed by atoms with van der Waals surface area (Å²) in [7, 11) is 0. The predicted molar refractivity (Wildman–Crippen MR) is 137 cm³/mol. The molecule has 5 rings (SSSR count).